The molecule has 0 fully saturated rings. The standard InChI is InChI=1S/C21H23N7O2S/c1-5-15-9-10-18(20(22-15)30-4)27-12-11-19(23-27)31-13-16-14(2)7-6-8-17(16)28-21(29)26(3)24-25-28/h6-12H,5,13H2,1-4H3. The Balaban J connectivity index is 1.59. The topological polar surface area (TPSA) is 92.7 Å². The van der Waals surface area contributed by atoms with Gasteiger partial charge in [0, 0.05) is 24.7 Å². The number of hydrogen-bond acceptors (Lipinski definition) is 7. The van der Waals surface area contributed by atoms with Crippen LogP contribution in [0.1, 0.15) is 23.7 Å². The first-order valence-electron chi connectivity index (χ1n) is 9.82. The number of hydrogen-bond donors (Lipinski definition) is 0. The van der Waals surface area contributed by atoms with E-state index in [1.54, 1.807) is 30.6 Å². The highest BCUT2D eigenvalue weighted by Gasteiger charge is 2.15. The number of aryl methyl sites for hydroxylation is 3. The van der Waals surface area contributed by atoms with Gasteiger partial charge in [0.15, 0.2) is 0 Å². The molecule has 0 bridgehead atoms. The summed E-state index contributed by atoms with van der Waals surface area (Å²) in [5.74, 6) is 1.17. The second-order valence-electron chi connectivity index (χ2n) is 6.94. The third-order valence-corrected chi connectivity index (χ3v) is 5.91. The number of thioether (sulfide) groups is 1. The number of ether oxygens (including phenoxy) is 1. The van der Waals surface area contributed by atoms with Crippen molar-refractivity contribution >= 4 is 11.8 Å². The van der Waals surface area contributed by atoms with Gasteiger partial charge in [0.25, 0.3) is 0 Å². The molecular weight excluding hydrogens is 414 g/mol. The zero-order chi connectivity index (χ0) is 22.0. The number of aromatic nitrogens is 7. The second-order valence-corrected chi connectivity index (χ2v) is 7.94. The van der Waals surface area contributed by atoms with Gasteiger partial charge in [-0.25, -0.2) is 14.5 Å². The summed E-state index contributed by atoms with van der Waals surface area (Å²) in [5, 5.41) is 13.3. The van der Waals surface area contributed by atoms with Crippen LogP contribution in [0.4, 0.5) is 0 Å². The van der Waals surface area contributed by atoms with Crippen molar-refractivity contribution < 1.29 is 4.74 Å². The Bertz CT molecular complexity index is 1270. The minimum absolute atomic E-state index is 0.281. The average Bonchev–Trinajstić information content (AvgIpc) is 3.39. The average molecular weight is 438 g/mol. The Morgan fingerprint density at radius 3 is 2.65 bits per heavy atom. The molecule has 0 aliphatic heterocycles. The predicted molar refractivity (Wildman–Crippen MR) is 118 cm³/mol. The van der Waals surface area contributed by atoms with Gasteiger partial charge in [-0.05, 0) is 59.2 Å². The molecule has 4 rings (SSSR count). The Morgan fingerprint density at radius 1 is 1.10 bits per heavy atom. The highest BCUT2D eigenvalue weighted by atomic mass is 32.2. The van der Waals surface area contributed by atoms with E-state index in [-0.39, 0.29) is 5.69 Å². The monoisotopic (exact) mass is 437 g/mol. The van der Waals surface area contributed by atoms with Gasteiger partial charge >= 0.3 is 5.69 Å². The highest BCUT2D eigenvalue weighted by molar-refractivity contribution is 7.98. The van der Waals surface area contributed by atoms with E-state index in [1.165, 1.54) is 9.36 Å². The minimum atomic E-state index is -0.281. The maximum atomic E-state index is 12.3. The number of pyridine rings is 1. The van der Waals surface area contributed by atoms with Gasteiger partial charge in [-0.15, -0.1) is 0 Å². The van der Waals surface area contributed by atoms with E-state index >= 15 is 0 Å². The van der Waals surface area contributed by atoms with Gasteiger partial charge in [-0.3, -0.25) is 0 Å². The zero-order valence-electron chi connectivity index (χ0n) is 17.8. The fourth-order valence-corrected chi connectivity index (χ4v) is 4.17. The number of rotatable bonds is 7. The first-order chi connectivity index (χ1) is 15.0. The Kier molecular flexibility index (Phi) is 5.90. The molecule has 3 heterocycles. The summed E-state index contributed by atoms with van der Waals surface area (Å²) in [5.41, 5.74) is 4.28. The van der Waals surface area contributed by atoms with Crippen LogP contribution in [-0.4, -0.2) is 41.7 Å². The van der Waals surface area contributed by atoms with Crippen LogP contribution < -0.4 is 10.4 Å². The van der Waals surface area contributed by atoms with Gasteiger partial charge in [0.2, 0.25) is 5.88 Å². The van der Waals surface area contributed by atoms with E-state index < -0.39 is 0 Å². The number of nitrogens with zero attached hydrogens (tertiary/aromatic N) is 7. The third-order valence-electron chi connectivity index (χ3n) is 4.96. The van der Waals surface area contributed by atoms with E-state index in [9.17, 15) is 4.79 Å². The van der Waals surface area contributed by atoms with Gasteiger partial charge in [0.05, 0.1) is 12.8 Å². The van der Waals surface area contributed by atoms with Crippen molar-refractivity contribution in [2.45, 2.75) is 31.0 Å². The lowest BCUT2D eigenvalue weighted by Crippen LogP contribution is -2.23. The number of tetrazole rings is 1. The van der Waals surface area contributed by atoms with Crippen molar-refractivity contribution in [3.63, 3.8) is 0 Å². The lowest BCUT2D eigenvalue weighted by atomic mass is 10.1. The summed E-state index contributed by atoms with van der Waals surface area (Å²) >= 11 is 1.58. The van der Waals surface area contributed by atoms with Crippen LogP contribution in [0.2, 0.25) is 0 Å². The first-order valence-corrected chi connectivity index (χ1v) is 10.8. The Hall–Kier alpha value is -3.40. The van der Waals surface area contributed by atoms with E-state index in [2.05, 4.69) is 27.4 Å². The van der Waals surface area contributed by atoms with Crippen LogP contribution in [0.3, 0.4) is 0 Å². The molecule has 0 N–H and O–H groups in total. The van der Waals surface area contributed by atoms with Crippen molar-refractivity contribution in [2.24, 2.45) is 7.05 Å². The first kappa shape index (κ1) is 20.9. The van der Waals surface area contributed by atoms with Gasteiger partial charge in [-0.2, -0.15) is 14.5 Å². The van der Waals surface area contributed by atoms with Crippen molar-refractivity contribution in [2.75, 3.05) is 7.11 Å². The quantitative estimate of drug-likeness (QED) is 0.411. The van der Waals surface area contributed by atoms with E-state index in [0.29, 0.717) is 11.6 Å². The van der Waals surface area contributed by atoms with Crippen molar-refractivity contribution in [1.29, 1.82) is 0 Å². The fourth-order valence-electron chi connectivity index (χ4n) is 3.20. The molecule has 0 aliphatic carbocycles. The number of benzene rings is 1. The van der Waals surface area contributed by atoms with Crippen LogP contribution >= 0.6 is 11.8 Å². The molecule has 9 nitrogen and oxygen atoms in total. The van der Waals surface area contributed by atoms with Crippen molar-refractivity contribution in [3.8, 4) is 17.3 Å². The van der Waals surface area contributed by atoms with Crippen LogP contribution in [-0.2, 0) is 19.2 Å². The number of methoxy groups -OCH3 is 1. The molecule has 1 aromatic carbocycles. The van der Waals surface area contributed by atoms with Crippen molar-refractivity contribution in [3.05, 3.63) is 69.9 Å². The molecule has 10 heteroatoms. The van der Waals surface area contributed by atoms with Gasteiger partial charge in [-0.1, -0.05) is 30.8 Å². The Morgan fingerprint density at radius 2 is 1.94 bits per heavy atom. The van der Waals surface area contributed by atoms with E-state index in [4.69, 9.17) is 4.74 Å². The molecule has 0 radical (unpaired) electrons. The fraction of sp³-hybridized carbons (Fsp3) is 0.286. The van der Waals surface area contributed by atoms with E-state index in [0.717, 1.165) is 39.6 Å². The molecular formula is C21H23N7O2S. The molecule has 4 aromatic rings. The second kappa shape index (κ2) is 8.76. The third kappa shape index (κ3) is 4.11. The van der Waals surface area contributed by atoms with Gasteiger partial charge < -0.3 is 4.74 Å². The summed E-state index contributed by atoms with van der Waals surface area (Å²) in [7, 11) is 3.19. The summed E-state index contributed by atoms with van der Waals surface area (Å²) in [6.07, 6.45) is 2.73. The van der Waals surface area contributed by atoms with Crippen LogP contribution in [0.15, 0.2) is 52.4 Å². The lowest BCUT2D eigenvalue weighted by molar-refractivity contribution is 0.393. The molecule has 0 saturated carbocycles. The van der Waals surface area contributed by atoms with Crippen LogP contribution in [0, 0.1) is 6.92 Å². The molecule has 160 valence electrons. The maximum absolute atomic E-state index is 12.3. The van der Waals surface area contributed by atoms with Gasteiger partial charge in [0.1, 0.15) is 10.7 Å². The largest absolute Gasteiger partial charge is 0.479 e. The maximum Gasteiger partial charge on any atom is 0.368 e. The minimum Gasteiger partial charge on any atom is -0.479 e. The molecule has 0 spiro atoms. The van der Waals surface area contributed by atoms with Crippen LogP contribution in [0.25, 0.3) is 11.4 Å². The molecule has 0 aliphatic rings. The predicted octanol–water partition coefficient (Wildman–Crippen LogP) is 2.72. The SMILES string of the molecule is CCc1ccc(-n2ccc(SCc3c(C)cccc3-n3nnn(C)c3=O)n2)c(OC)n1. The van der Waals surface area contributed by atoms with Crippen LogP contribution in [0.5, 0.6) is 5.88 Å². The molecule has 0 atom stereocenters. The summed E-state index contributed by atoms with van der Waals surface area (Å²) in [6.45, 7) is 4.07. The molecule has 0 amide bonds. The highest BCUT2D eigenvalue weighted by Crippen LogP contribution is 2.28. The van der Waals surface area contributed by atoms with Crippen molar-refractivity contribution in [1.82, 2.24) is 34.6 Å². The molecule has 0 saturated heterocycles. The van der Waals surface area contributed by atoms with E-state index in [1.807, 2.05) is 49.5 Å². The zero-order valence-corrected chi connectivity index (χ0v) is 18.6. The molecule has 3 aromatic heterocycles. The lowest BCUT2D eigenvalue weighted by Gasteiger charge is -2.11. The summed E-state index contributed by atoms with van der Waals surface area (Å²) in [6, 6.07) is 11.7. The normalized spacial score (nSPS) is 11.1. The summed E-state index contributed by atoms with van der Waals surface area (Å²) < 4.78 is 9.75. The molecule has 31 heavy (non-hydrogen) atoms. The summed E-state index contributed by atoms with van der Waals surface area (Å²) in [4.78, 5) is 16.9. The Labute approximate surface area is 183 Å². The smallest absolute Gasteiger partial charge is 0.368 e. The molecule has 0 unspecified atom stereocenters.